The number of anilines is 1. The zero-order chi connectivity index (χ0) is 19.0. The van der Waals surface area contributed by atoms with Gasteiger partial charge in [0, 0.05) is 18.0 Å². The van der Waals surface area contributed by atoms with Crippen molar-refractivity contribution < 1.29 is 14.4 Å². The lowest BCUT2D eigenvalue weighted by atomic mass is 9.91. The third-order valence-electron chi connectivity index (χ3n) is 5.43. The van der Waals surface area contributed by atoms with Crippen LogP contribution in [0.2, 0.25) is 0 Å². The molecule has 0 bridgehead atoms. The highest BCUT2D eigenvalue weighted by Gasteiger charge is 2.45. The Morgan fingerprint density at radius 2 is 1.63 bits per heavy atom. The molecule has 1 saturated carbocycles. The molecule has 1 heterocycles. The highest BCUT2D eigenvalue weighted by molar-refractivity contribution is 5.76. The Kier molecular flexibility index (Phi) is 4.22. The average Bonchev–Trinajstić information content (AvgIpc) is 3.35. The number of carboxylic acid groups (broad SMARTS) is 1. The van der Waals surface area contributed by atoms with Gasteiger partial charge in [-0.05, 0) is 36.5 Å². The van der Waals surface area contributed by atoms with Crippen molar-refractivity contribution in [2.45, 2.75) is 31.6 Å². The second-order valence-electron chi connectivity index (χ2n) is 7.23. The van der Waals surface area contributed by atoms with Crippen LogP contribution in [0.25, 0.3) is 22.5 Å². The summed E-state index contributed by atoms with van der Waals surface area (Å²) in [5.74, 6) is 0.0111. The largest absolute Gasteiger partial charge is 0.481 e. The Balaban J connectivity index is 1.57. The van der Waals surface area contributed by atoms with E-state index in [1.165, 1.54) is 0 Å². The number of hydrogen-bond acceptors (Lipinski definition) is 4. The summed E-state index contributed by atoms with van der Waals surface area (Å²) in [5, 5.41) is 16.3. The predicted molar refractivity (Wildman–Crippen MR) is 105 cm³/mol. The fourth-order valence-corrected chi connectivity index (χ4v) is 3.70. The van der Waals surface area contributed by atoms with E-state index in [4.69, 9.17) is 9.63 Å². The Bertz CT molecular complexity index is 968. The minimum absolute atomic E-state index is 0.151. The van der Waals surface area contributed by atoms with Gasteiger partial charge in [0.1, 0.15) is 11.4 Å². The van der Waals surface area contributed by atoms with Gasteiger partial charge in [-0.3, -0.25) is 4.79 Å². The first-order valence-corrected chi connectivity index (χ1v) is 9.09. The molecule has 0 atom stereocenters. The number of benzene rings is 2. The molecule has 138 valence electrons. The fourth-order valence-electron chi connectivity index (χ4n) is 3.70. The van der Waals surface area contributed by atoms with Crippen LogP contribution in [0.3, 0.4) is 0 Å². The summed E-state index contributed by atoms with van der Waals surface area (Å²) in [4.78, 5) is 11.1. The molecule has 1 aliphatic carbocycles. The summed E-state index contributed by atoms with van der Waals surface area (Å²) in [6, 6.07) is 16.5. The molecule has 4 rings (SSSR count). The number of nitrogens with zero attached hydrogens (tertiary/aromatic N) is 1. The second kappa shape index (κ2) is 6.58. The summed E-state index contributed by atoms with van der Waals surface area (Å²) < 4.78 is 5.45. The summed E-state index contributed by atoms with van der Waals surface area (Å²) in [7, 11) is 1.86. The third-order valence-corrected chi connectivity index (χ3v) is 5.43. The molecule has 5 nitrogen and oxygen atoms in total. The highest BCUT2D eigenvalue weighted by atomic mass is 16.5. The molecule has 0 radical (unpaired) electrons. The molecule has 0 amide bonds. The van der Waals surface area contributed by atoms with Gasteiger partial charge in [-0.1, -0.05) is 53.7 Å². The van der Waals surface area contributed by atoms with Crippen molar-refractivity contribution in [1.82, 2.24) is 5.16 Å². The molecule has 1 aliphatic rings. The molecule has 3 aromatic rings. The van der Waals surface area contributed by atoms with Gasteiger partial charge < -0.3 is 14.9 Å². The predicted octanol–water partition coefficient (Wildman–Crippen LogP) is 4.87. The van der Waals surface area contributed by atoms with Crippen molar-refractivity contribution in [3.05, 3.63) is 59.8 Å². The molecule has 5 heteroatoms. The molecule has 1 aromatic heterocycles. The van der Waals surface area contributed by atoms with Crippen LogP contribution in [0.5, 0.6) is 0 Å². The molecule has 0 unspecified atom stereocenters. The van der Waals surface area contributed by atoms with Gasteiger partial charge in [0.25, 0.3) is 0 Å². The van der Waals surface area contributed by atoms with Gasteiger partial charge >= 0.3 is 5.97 Å². The molecule has 0 aliphatic heterocycles. The van der Waals surface area contributed by atoms with Crippen molar-refractivity contribution in [3.63, 3.8) is 0 Å². The number of aliphatic carboxylic acids is 1. The minimum Gasteiger partial charge on any atom is -0.481 e. The normalized spacial score (nSPS) is 14.7. The first-order chi connectivity index (χ1) is 13.0. The van der Waals surface area contributed by atoms with Crippen LogP contribution in [0.15, 0.2) is 53.1 Å². The van der Waals surface area contributed by atoms with Gasteiger partial charge in [0.2, 0.25) is 0 Å². The maximum absolute atomic E-state index is 11.1. The van der Waals surface area contributed by atoms with Crippen LogP contribution in [0, 0.1) is 6.92 Å². The van der Waals surface area contributed by atoms with Crippen molar-refractivity contribution in [3.8, 4) is 22.5 Å². The monoisotopic (exact) mass is 362 g/mol. The first kappa shape index (κ1) is 17.3. The Morgan fingerprint density at radius 3 is 2.15 bits per heavy atom. The number of rotatable bonds is 6. The summed E-state index contributed by atoms with van der Waals surface area (Å²) >= 11 is 0. The van der Waals surface area contributed by atoms with Crippen LogP contribution >= 0.6 is 0 Å². The van der Waals surface area contributed by atoms with Crippen molar-refractivity contribution in [1.29, 1.82) is 0 Å². The number of aromatic nitrogens is 1. The third kappa shape index (κ3) is 3.21. The zero-order valence-corrected chi connectivity index (χ0v) is 15.5. The maximum atomic E-state index is 11.1. The summed E-state index contributed by atoms with van der Waals surface area (Å²) in [6.07, 6.45) is 2.13. The smallest absolute Gasteiger partial charge is 0.304 e. The summed E-state index contributed by atoms with van der Waals surface area (Å²) in [6.45, 7) is 1.91. The van der Waals surface area contributed by atoms with Gasteiger partial charge in [0.05, 0.1) is 6.42 Å². The number of nitrogens with one attached hydrogen (secondary N) is 1. The van der Waals surface area contributed by atoms with Crippen molar-refractivity contribution in [2.75, 3.05) is 12.4 Å². The van der Waals surface area contributed by atoms with Crippen LogP contribution in [-0.4, -0.2) is 23.3 Å². The summed E-state index contributed by atoms with van der Waals surface area (Å²) in [5.41, 5.74) is 5.90. The number of aryl methyl sites for hydroxylation is 1. The van der Waals surface area contributed by atoms with Crippen LogP contribution in [-0.2, 0) is 10.2 Å². The van der Waals surface area contributed by atoms with E-state index in [0.29, 0.717) is 0 Å². The van der Waals surface area contributed by atoms with Gasteiger partial charge in [-0.25, -0.2) is 0 Å². The Hall–Kier alpha value is -3.08. The van der Waals surface area contributed by atoms with Crippen LogP contribution in [0.4, 0.5) is 5.69 Å². The van der Waals surface area contributed by atoms with Gasteiger partial charge in [0.15, 0.2) is 5.76 Å². The lowest BCUT2D eigenvalue weighted by Crippen LogP contribution is -2.12. The number of carboxylic acids is 1. The van der Waals surface area contributed by atoms with E-state index < -0.39 is 5.97 Å². The van der Waals surface area contributed by atoms with Gasteiger partial charge in [-0.2, -0.15) is 0 Å². The quantitative estimate of drug-likeness (QED) is 0.655. The average molecular weight is 362 g/mol. The fraction of sp³-hybridized carbons (Fsp3) is 0.273. The van der Waals surface area contributed by atoms with E-state index in [1.54, 1.807) is 0 Å². The van der Waals surface area contributed by atoms with E-state index in [-0.39, 0.29) is 11.8 Å². The van der Waals surface area contributed by atoms with Crippen LogP contribution < -0.4 is 5.32 Å². The van der Waals surface area contributed by atoms with E-state index >= 15 is 0 Å². The Labute approximate surface area is 158 Å². The van der Waals surface area contributed by atoms with E-state index in [1.807, 2.05) is 26.1 Å². The first-order valence-electron chi connectivity index (χ1n) is 9.09. The maximum Gasteiger partial charge on any atom is 0.304 e. The molecule has 0 spiro atoms. The van der Waals surface area contributed by atoms with Gasteiger partial charge in [-0.15, -0.1) is 0 Å². The zero-order valence-electron chi connectivity index (χ0n) is 15.5. The molecular formula is C22H22N2O3. The van der Waals surface area contributed by atoms with E-state index in [2.05, 4.69) is 46.9 Å². The van der Waals surface area contributed by atoms with E-state index in [9.17, 15) is 4.79 Å². The standard InChI is InChI=1S/C22H22N2O3/c1-14-20(23-2)21(27-24-14)17-5-3-15(4-6-17)16-7-9-18(10-8-16)22(11-12-22)13-19(25)26/h3-10,23H,11-13H2,1-2H3,(H,25,26). The molecule has 2 N–H and O–H groups in total. The van der Waals surface area contributed by atoms with Crippen LogP contribution in [0.1, 0.15) is 30.5 Å². The molecule has 1 fully saturated rings. The van der Waals surface area contributed by atoms with Crippen molar-refractivity contribution in [2.24, 2.45) is 0 Å². The lowest BCUT2D eigenvalue weighted by molar-refractivity contribution is -0.137. The molecule has 27 heavy (non-hydrogen) atoms. The molecule has 0 saturated heterocycles. The minimum atomic E-state index is -0.726. The second-order valence-corrected chi connectivity index (χ2v) is 7.23. The lowest BCUT2D eigenvalue weighted by Gasteiger charge is -2.13. The molecular weight excluding hydrogens is 340 g/mol. The number of carbonyl (C=O) groups is 1. The Morgan fingerprint density at radius 1 is 1.07 bits per heavy atom. The van der Waals surface area contributed by atoms with E-state index in [0.717, 1.165) is 52.2 Å². The SMILES string of the molecule is CNc1c(C)noc1-c1ccc(-c2ccc(C3(CC(=O)O)CC3)cc2)cc1. The number of hydrogen-bond donors (Lipinski definition) is 2. The highest BCUT2D eigenvalue weighted by Crippen LogP contribution is 2.51. The van der Waals surface area contributed by atoms with Crippen molar-refractivity contribution >= 4 is 11.7 Å². The topological polar surface area (TPSA) is 75.4 Å². The molecule has 2 aromatic carbocycles.